The molecule has 1 aromatic rings. The molecule has 0 N–H and O–H groups in total. The van der Waals surface area contributed by atoms with E-state index in [0.29, 0.717) is 11.5 Å². The van der Waals surface area contributed by atoms with E-state index in [4.69, 9.17) is 18.9 Å². The maximum atomic E-state index is 12.2. The largest absolute Gasteiger partial charge is 0.493 e. The smallest absolute Gasteiger partial charge is 0.342 e. The van der Waals surface area contributed by atoms with E-state index in [9.17, 15) is 9.59 Å². The summed E-state index contributed by atoms with van der Waals surface area (Å²) in [6.07, 6.45) is 1.98. The standard InChI is InChI=1S/C16H21NO6/c1-20-12-7-6-11(14(21-2)15(12)22-3)16(19)23-10-13(18)17-8-4-5-9-17/h6-7H,4-5,8-10H2,1-3H3. The zero-order valence-corrected chi connectivity index (χ0v) is 13.6. The first kappa shape index (κ1) is 16.9. The van der Waals surface area contributed by atoms with Crippen molar-refractivity contribution in [1.29, 1.82) is 0 Å². The van der Waals surface area contributed by atoms with Gasteiger partial charge in [-0.15, -0.1) is 0 Å². The van der Waals surface area contributed by atoms with Gasteiger partial charge in [0, 0.05) is 13.1 Å². The number of amides is 1. The predicted molar refractivity (Wildman–Crippen MR) is 82.2 cm³/mol. The van der Waals surface area contributed by atoms with Gasteiger partial charge in [-0.05, 0) is 25.0 Å². The molecule has 0 aromatic heterocycles. The second-order valence-corrected chi connectivity index (χ2v) is 5.05. The lowest BCUT2D eigenvalue weighted by molar-refractivity contribution is -0.133. The molecule has 7 nitrogen and oxygen atoms in total. The normalized spacial score (nSPS) is 13.6. The van der Waals surface area contributed by atoms with Gasteiger partial charge in [0.2, 0.25) is 5.75 Å². The summed E-state index contributed by atoms with van der Waals surface area (Å²) in [5.41, 5.74) is 0.180. The molecule has 1 aliphatic rings. The van der Waals surface area contributed by atoms with Crippen molar-refractivity contribution in [3.63, 3.8) is 0 Å². The van der Waals surface area contributed by atoms with E-state index >= 15 is 0 Å². The third kappa shape index (κ3) is 3.67. The van der Waals surface area contributed by atoms with Gasteiger partial charge >= 0.3 is 5.97 Å². The summed E-state index contributed by atoms with van der Waals surface area (Å²) in [7, 11) is 4.36. The molecule has 0 bridgehead atoms. The van der Waals surface area contributed by atoms with E-state index in [-0.39, 0.29) is 23.8 Å². The van der Waals surface area contributed by atoms with Crippen LogP contribution in [0.4, 0.5) is 0 Å². The molecule has 0 spiro atoms. The maximum Gasteiger partial charge on any atom is 0.342 e. The Morgan fingerprint density at radius 2 is 1.65 bits per heavy atom. The summed E-state index contributed by atoms with van der Waals surface area (Å²) in [5, 5.41) is 0. The first-order valence-electron chi connectivity index (χ1n) is 7.36. The number of nitrogens with zero attached hydrogens (tertiary/aromatic N) is 1. The van der Waals surface area contributed by atoms with Crippen molar-refractivity contribution in [2.24, 2.45) is 0 Å². The van der Waals surface area contributed by atoms with Crippen LogP contribution in [-0.4, -0.2) is 57.8 Å². The first-order valence-corrected chi connectivity index (χ1v) is 7.36. The van der Waals surface area contributed by atoms with Crippen molar-refractivity contribution in [1.82, 2.24) is 4.90 Å². The summed E-state index contributed by atoms with van der Waals surface area (Å²) < 4.78 is 20.7. The molecule has 0 saturated carbocycles. The van der Waals surface area contributed by atoms with Gasteiger partial charge in [-0.3, -0.25) is 4.79 Å². The molecular weight excluding hydrogens is 302 g/mol. The first-order chi connectivity index (χ1) is 11.1. The van der Waals surface area contributed by atoms with Gasteiger partial charge in [0.05, 0.1) is 21.3 Å². The average molecular weight is 323 g/mol. The summed E-state index contributed by atoms with van der Waals surface area (Å²) in [5.74, 6) is 0.125. The molecule has 7 heteroatoms. The van der Waals surface area contributed by atoms with Gasteiger partial charge in [-0.25, -0.2) is 4.79 Å². The van der Waals surface area contributed by atoms with Crippen LogP contribution in [0, 0.1) is 0 Å². The quantitative estimate of drug-likeness (QED) is 0.739. The number of carbonyl (C=O) groups excluding carboxylic acids is 2. The molecule has 1 saturated heterocycles. The van der Waals surface area contributed by atoms with Gasteiger partial charge in [0.1, 0.15) is 5.56 Å². The topological polar surface area (TPSA) is 74.3 Å². The second kappa shape index (κ2) is 7.71. The van der Waals surface area contributed by atoms with Crippen LogP contribution < -0.4 is 14.2 Å². The summed E-state index contributed by atoms with van der Waals surface area (Å²) >= 11 is 0. The van der Waals surface area contributed by atoms with E-state index in [1.807, 2.05) is 0 Å². The predicted octanol–water partition coefficient (Wildman–Crippen LogP) is 1.49. The molecule has 126 valence electrons. The molecule has 1 heterocycles. The third-order valence-corrected chi connectivity index (χ3v) is 3.71. The molecule has 0 unspecified atom stereocenters. The zero-order chi connectivity index (χ0) is 16.8. The fourth-order valence-electron chi connectivity index (χ4n) is 2.52. The van der Waals surface area contributed by atoms with Crippen molar-refractivity contribution in [2.45, 2.75) is 12.8 Å². The fraction of sp³-hybridized carbons (Fsp3) is 0.500. The van der Waals surface area contributed by atoms with Crippen LogP contribution in [-0.2, 0) is 9.53 Å². The Kier molecular flexibility index (Phi) is 5.67. The van der Waals surface area contributed by atoms with E-state index in [1.54, 1.807) is 11.0 Å². The minimum absolute atomic E-state index is 0.180. The van der Waals surface area contributed by atoms with Gasteiger partial charge in [-0.2, -0.15) is 0 Å². The monoisotopic (exact) mass is 323 g/mol. The van der Waals surface area contributed by atoms with E-state index in [1.165, 1.54) is 27.4 Å². The lowest BCUT2D eigenvalue weighted by Gasteiger charge is -2.17. The van der Waals surface area contributed by atoms with E-state index in [2.05, 4.69) is 0 Å². The van der Waals surface area contributed by atoms with Crippen molar-refractivity contribution in [2.75, 3.05) is 41.0 Å². The number of carbonyl (C=O) groups is 2. The molecule has 0 aliphatic carbocycles. The molecule has 1 aliphatic heterocycles. The number of hydrogen-bond acceptors (Lipinski definition) is 6. The Balaban J connectivity index is 2.10. The van der Waals surface area contributed by atoms with Crippen molar-refractivity contribution in [3.05, 3.63) is 17.7 Å². The number of ether oxygens (including phenoxy) is 4. The van der Waals surface area contributed by atoms with Crippen LogP contribution in [0.25, 0.3) is 0 Å². The SMILES string of the molecule is COc1ccc(C(=O)OCC(=O)N2CCCC2)c(OC)c1OC. The Hall–Kier alpha value is -2.44. The second-order valence-electron chi connectivity index (χ2n) is 5.05. The summed E-state index contributed by atoms with van der Waals surface area (Å²) in [6.45, 7) is 1.16. The number of likely N-dealkylation sites (tertiary alicyclic amines) is 1. The van der Waals surface area contributed by atoms with Crippen LogP contribution in [0.1, 0.15) is 23.2 Å². The van der Waals surface area contributed by atoms with Crippen molar-refractivity contribution < 1.29 is 28.5 Å². The maximum absolute atomic E-state index is 12.2. The molecular formula is C16H21NO6. The zero-order valence-electron chi connectivity index (χ0n) is 13.6. The Labute approximate surface area is 135 Å². The van der Waals surface area contributed by atoms with Gasteiger partial charge in [0.15, 0.2) is 18.1 Å². The highest BCUT2D eigenvalue weighted by atomic mass is 16.5. The van der Waals surface area contributed by atoms with Gasteiger partial charge < -0.3 is 23.8 Å². The molecule has 23 heavy (non-hydrogen) atoms. The van der Waals surface area contributed by atoms with Crippen molar-refractivity contribution in [3.8, 4) is 17.2 Å². The van der Waals surface area contributed by atoms with Crippen LogP contribution in [0.3, 0.4) is 0 Å². The van der Waals surface area contributed by atoms with E-state index < -0.39 is 5.97 Å². The minimum atomic E-state index is -0.643. The minimum Gasteiger partial charge on any atom is -0.493 e. The molecule has 0 atom stereocenters. The number of hydrogen-bond donors (Lipinski definition) is 0. The number of benzene rings is 1. The molecule has 1 aromatic carbocycles. The number of rotatable bonds is 6. The third-order valence-electron chi connectivity index (χ3n) is 3.71. The van der Waals surface area contributed by atoms with Crippen molar-refractivity contribution >= 4 is 11.9 Å². The average Bonchev–Trinajstić information content (AvgIpc) is 3.12. The lowest BCUT2D eigenvalue weighted by atomic mass is 10.1. The summed E-state index contributed by atoms with van der Waals surface area (Å²) in [6, 6.07) is 3.10. The Bertz CT molecular complexity index is 580. The van der Waals surface area contributed by atoms with Gasteiger partial charge in [0.25, 0.3) is 5.91 Å². The Morgan fingerprint density at radius 3 is 2.22 bits per heavy atom. The van der Waals surface area contributed by atoms with Crippen LogP contribution in [0.2, 0.25) is 0 Å². The number of methoxy groups -OCH3 is 3. The molecule has 1 fully saturated rings. The lowest BCUT2D eigenvalue weighted by Crippen LogP contribution is -2.32. The number of esters is 1. The van der Waals surface area contributed by atoms with Gasteiger partial charge in [-0.1, -0.05) is 0 Å². The van der Waals surface area contributed by atoms with Crippen LogP contribution >= 0.6 is 0 Å². The highest BCUT2D eigenvalue weighted by molar-refractivity contribution is 5.95. The highest BCUT2D eigenvalue weighted by Gasteiger charge is 2.24. The Morgan fingerprint density at radius 1 is 1.00 bits per heavy atom. The fourth-order valence-corrected chi connectivity index (χ4v) is 2.52. The van der Waals surface area contributed by atoms with Crippen LogP contribution in [0.5, 0.6) is 17.2 Å². The summed E-state index contributed by atoms with van der Waals surface area (Å²) in [4.78, 5) is 25.9. The van der Waals surface area contributed by atoms with E-state index in [0.717, 1.165) is 25.9 Å². The van der Waals surface area contributed by atoms with Crippen LogP contribution in [0.15, 0.2) is 12.1 Å². The molecule has 1 amide bonds. The molecule has 2 rings (SSSR count). The molecule has 0 radical (unpaired) electrons. The highest BCUT2D eigenvalue weighted by Crippen LogP contribution is 2.39.